The number of alkyl halides is 3. The van der Waals surface area contributed by atoms with Crippen molar-refractivity contribution < 1.29 is 17.9 Å². The minimum absolute atomic E-state index is 0.00235. The zero-order valence-electron chi connectivity index (χ0n) is 9.51. The fourth-order valence-corrected chi connectivity index (χ4v) is 1.97. The van der Waals surface area contributed by atoms with Gasteiger partial charge in [-0.2, -0.15) is 13.2 Å². The van der Waals surface area contributed by atoms with Crippen LogP contribution in [0.2, 0.25) is 0 Å². The summed E-state index contributed by atoms with van der Waals surface area (Å²) in [5.41, 5.74) is 0. The molecule has 0 unspecified atom stereocenters. The number of hydrogen-bond acceptors (Lipinski definition) is 4. The normalized spacial score (nSPS) is 11.8. The molecule has 0 fully saturated rings. The Morgan fingerprint density at radius 3 is 2.88 bits per heavy atom. The lowest BCUT2D eigenvalue weighted by Gasteiger charge is -2.05. The predicted molar refractivity (Wildman–Crippen MR) is 61.2 cm³/mol. The highest BCUT2D eigenvalue weighted by molar-refractivity contribution is 7.15. The summed E-state index contributed by atoms with van der Waals surface area (Å²) in [5, 5.41) is 3.86. The van der Waals surface area contributed by atoms with E-state index in [2.05, 4.69) is 10.3 Å². The Labute approximate surface area is 102 Å². The minimum atomic E-state index is -4.09. The van der Waals surface area contributed by atoms with Crippen molar-refractivity contribution in [2.24, 2.45) is 0 Å². The highest BCUT2D eigenvalue weighted by Crippen LogP contribution is 2.22. The Kier molecular flexibility index (Phi) is 5.70. The van der Waals surface area contributed by atoms with Gasteiger partial charge in [0.1, 0.15) is 0 Å². The molecule has 0 aliphatic carbocycles. The molecule has 0 saturated carbocycles. The molecule has 0 atom stereocenters. The average molecular weight is 268 g/mol. The molecular weight excluding hydrogens is 253 g/mol. The van der Waals surface area contributed by atoms with Crippen molar-refractivity contribution in [2.75, 3.05) is 18.5 Å². The van der Waals surface area contributed by atoms with E-state index in [4.69, 9.17) is 4.74 Å². The zero-order chi connectivity index (χ0) is 12.7. The smallest absolute Gasteiger partial charge is 0.376 e. The van der Waals surface area contributed by atoms with Gasteiger partial charge in [-0.15, -0.1) is 0 Å². The Bertz CT molecular complexity index is 328. The number of anilines is 1. The molecule has 0 amide bonds. The number of nitrogens with one attached hydrogen (secondary N) is 1. The fourth-order valence-electron chi connectivity index (χ4n) is 1.15. The van der Waals surface area contributed by atoms with Gasteiger partial charge in [-0.05, 0) is 13.3 Å². The van der Waals surface area contributed by atoms with Crippen LogP contribution in [0.3, 0.4) is 0 Å². The third kappa shape index (κ3) is 6.48. The molecule has 1 N–H and O–H groups in total. The van der Waals surface area contributed by atoms with Gasteiger partial charge in [-0.1, -0.05) is 11.3 Å². The molecule has 0 bridgehead atoms. The van der Waals surface area contributed by atoms with Crippen LogP contribution >= 0.6 is 11.3 Å². The van der Waals surface area contributed by atoms with Crippen molar-refractivity contribution in [3.63, 3.8) is 0 Å². The molecule has 0 saturated heterocycles. The largest absolute Gasteiger partial charge is 0.389 e. The molecule has 1 rings (SSSR count). The van der Waals surface area contributed by atoms with Gasteiger partial charge in [0.2, 0.25) is 0 Å². The van der Waals surface area contributed by atoms with Crippen molar-refractivity contribution in [3.8, 4) is 0 Å². The van der Waals surface area contributed by atoms with Gasteiger partial charge in [0.05, 0.1) is 11.5 Å². The number of nitrogens with zero attached hydrogens (tertiary/aromatic N) is 1. The predicted octanol–water partition coefficient (Wildman–Crippen LogP) is 3.43. The molecule has 1 heterocycles. The van der Waals surface area contributed by atoms with E-state index >= 15 is 0 Å². The Balaban J connectivity index is 2.13. The molecule has 1 aromatic rings. The molecule has 0 aromatic carbocycles. The Morgan fingerprint density at radius 2 is 2.24 bits per heavy atom. The summed E-state index contributed by atoms with van der Waals surface area (Å²) in [7, 11) is 0. The summed E-state index contributed by atoms with van der Waals surface area (Å²) in [6, 6.07) is 0. The SMILES string of the molecule is CCNc1ncc(COCCCC(F)(F)F)s1. The van der Waals surface area contributed by atoms with Crippen molar-refractivity contribution in [2.45, 2.75) is 32.5 Å². The summed E-state index contributed by atoms with van der Waals surface area (Å²) < 4.78 is 40.6. The lowest BCUT2D eigenvalue weighted by molar-refractivity contribution is -0.138. The fraction of sp³-hybridized carbons (Fsp3) is 0.700. The summed E-state index contributed by atoms with van der Waals surface area (Å²) >= 11 is 1.45. The molecule has 3 nitrogen and oxygen atoms in total. The summed E-state index contributed by atoms with van der Waals surface area (Å²) in [6.07, 6.45) is -3.21. The molecular formula is C10H15F3N2OS. The van der Waals surface area contributed by atoms with Gasteiger partial charge in [0.25, 0.3) is 0 Å². The Morgan fingerprint density at radius 1 is 1.47 bits per heavy atom. The zero-order valence-corrected chi connectivity index (χ0v) is 10.3. The molecule has 98 valence electrons. The van der Waals surface area contributed by atoms with E-state index in [0.717, 1.165) is 16.6 Å². The molecule has 0 radical (unpaired) electrons. The van der Waals surface area contributed by atoms with E-state index in [0.29, 0.717) is 6.61 Å². The standard InChI is InChI=1S/C10H15F3N2OS/c1-2-14-9-15-6-8(17-9)7-16-5-3-4-10(11,12)13/h6H,2-5,7H2,1H3,(H,14,15). The number of thiazole rings is 1. The quantitative estimate of drug-likeness (QED) is 0.769. The number of aromatic nitrogens is 1. The maximum Gasteiger partial charge on any atom is 0.389 e. The van der Waals surface area contributed by atoms with Crippen molar-refractivity contribution >= 4 is 16.5 Å². The first-order valence-corrected chi connectivity index (χ1v) is 6.16. The molecule has 1 aromatic heterocycles. The van der Waals surface area contributed by atoms with Crippen molar-refractivity contribution in [1.29, 1.82) is 0 Å². The molecule has 0 spiro atoms. The lowest BCUT2D eigenvalue weighted by atomic mass is 10.3. The van der Waals surface area contributed by atoms with E-state index in [-0.39, 0.29) is 13.0 Å². The van der Waals surface area contributed by atoms with Crippen molar-refractivity contribution in [1.82, 2.24) is 4.98 Å². The van der Waals surface area contributed by atoms with E-state index < -0.39 is 12.6 Å². The van der Waals surface area contributed by atoms with Gasteiger partial charge in [-0.3, -0.25) is 0 Å². The molecule has 0 aliphatic rings. The molecule has 0 aliphatic heterocycles. The van der Waals surface area contributed by atoms with Gasteiger partial charge >= 0.3 is 6.18 Å². The topological polar surface area (TPSA) is 34.2 Å². The summed E-state index contributed by atoms with van der Waals surface area (Å²) in [6.45, 7) is 3.20. The van der Waals surface area contributed by atoms with Gasteiger partial charge in [0, 0.05) is 25.8 Å². The number of ether oxygens (including phenoxy) is 1. The van der Waals surface area contributed by atoms with Crippen LogP contribution in [0.4, 0.5) is 18.3 Å². The maximum atomic E-state index is 11.8. The first-order chi connectivity index (χ1) is 8.01. The number of halogens is 3. The van der Waals surface area contributed by atoms with E-state index in [1.165, 1.54) is 11.3 Å². The van der Waals surface area contributed by atoms with Gasteiger partial charge < -0.3 is 10.1 Å². The third-order valence-corrected chi connectivity index (χ3v) is 2.80. The monoisotopic (exact) mass is 268 g/mol. The second-order valence-corrected chi connectivity index (χ2v) is 4.55. The van der Waals surface area contributed by atoms with Gasteiger partial charge in [0.15, 0.2) is 5.13 Å². The summed E-state index contributed by atoms with van der Waals surface area (Å²) in [4.78, 5) is 5.00. The molecule has 17 heavy (non-hydrogen) atoms. The first kappa shape index (κ1) is 14.2. The second kappa shape index (κ2) is 6.80. The van der Waals surface area contributed by atoms with Gasteiger partial charge in [-0.25, -0.2) is 4.98 Å². The number of hydrogen-bond donors (Lipinski definition) is 1. The molecule has 7 heteroatoms. The third-order valence-electron chi connectivity index (χ3n) is 1.87. The van der Waals surface area contributed by atoms with Crippen molar-refractivity contribution in [3.05, 3.63) is 11.1 Å². The highest BCUT2D eigenvalue weighted by Gasteiger charge is 2.25. The average Bonchev–Trinajstić information content (AvgIpc) is 2.64. The van der Waals surface area contributed by atoms with Crippen LogP contribution in [-0.2, 0) is 11.3 Å². The van der Waals surface area contributed by atoms with E-state index in [1.807, 2.05) is 6.92 Å². The number of rotatable bonds is 7. The minimum Gasteiger partial charge on any atom is -0.376 e. The van der Waals surface area contributed by atoms with Crippen LogP contribution in [0.25, 0.3) is 0 Å². The van der Waals surface area contributed by atoms with E-state index in [1.54, 1.807) is 6.20 Å². The van der Waals surface area contributed by atoms with Crippen LogP contribution < -0.4 is 5.32 Å². The maximum absolute atomic E-state index is 11.8. The van der Waals surface area contributed by atoms with Crippen LogP contribution in [0.15, 0.2) is 6.20 Å². The first-order valence-electron chi connectivity index (χ1n) is 5.34. The van der Waals surface area contributed by atoms with Crippen LogP contribution in [-0.4, -0.2) is 24.3 Å². The highest BCUT2D eigenvalue weighted by atomic mass is 32.1. The lowest BCUT2D eigenvalue weighted by Crippen LogP contribution is -2.08. The second-order valence-electron chi connectivity index (χ2n) is 3.43. The van der Waals surface area contributed by atoms with E-state index in [9.17, 15) is 13.2 Å². The van der Waals surface area contributed by atoms with Crippen LogP contribution in [0.5, 0.6) is 0 Å². The Hall–Kier alpha value is -0.820. The van der Waals surface area contributed by atoms with Crippen LogP contribution in [0.1, 0.15) is 24.6 Å². The van der Waals surface area contributed by atoms with Crippen LogP contribution in [0, 0.1) is 0 Å². The summed E-state index contributed by atoms with van der Waals surface area (Å²) in [5.74, 6) is 0.